The van der Waals surface area contributed by atoms with Crippen molar-refractivity contribution < 1.29 is 36.7 Å². The van der Waals surface area contributed by atoms with E-state index in [2.05, 4.69) is 4.79 Å². The van der Waals surface area contributed by atoms with Gasteiger partial charge in [0.15, 0.2) is 0 Å². The van der Waals surface area contributed by atoms with Gasteiger partial charge in [-0.3, -0.25) is 0 Å². The van der Waals surface area contributed by atoms with E-state index in [1.807, 2.05) is 19.9 Å². The predicted octanol–water partition coefficient (Wildman–Crippen LogP) is -2.11. The molecule has 0 aromatic carbocycles. The van der Waals surface area contributed by atoms with Crippen LogP contribution in [0.2, 0.25) is 0 Å². The van der Waals surface area contributed by atoms with Crippen molar-refractivity contribution in [3.63, 3.8) is 0 Å². The molecular formula is C8H11ClN3Zn+. The first-order chi connectivity index (χ1) is 5.16. The minimum absolute atomic E-state index is 0. The van der Waals surface area contributed by atoms with Crippen LogP contribution >= 0.6 is 0 Å². The molecule has 0 aromatic rings. The molecule has 1 unspecified atom stereocenters. The average molecular weight is 250 g/mol. The molecule has 5 heteroatoms. The van der Waals surface area contributed by atoms with E-state index in [1.165, 1.54) is 0 Å². The molecule has 0 heterocycles. The number of rotatable bonds is 0. The maximum atomic E-state index is 8.53. The van der Waals surface area contributed by atoms with Gasteiger partial charge in [0.2, 0.25) is 0 Å². The summed E-state index contributed by atoms with van der Waals surface area (Å²) < 4.78 is 0. The number of nitrogens with zero attached hydrogens (tertiary/aromatic N) is 2. The molecule has 0 radical (unpaired) electrons. The maximum Gasteiger partial charge on any atom is 2.00 e. The van der Waals surface area contributed by atoms with Crippen LogP contribution in [-0.4, -0.2) is 16.5 Å². The zero-order valence-corrected chi connectivity index (χ0v) is 11.5. The van der Waals surface area contributed by atoms with Crippen LogP contribution in [0.1, 0.15) is 13.8 Å². The molecule has 0 bridgehead atoms. The molecule has 1 rings (SSSR count). The van der Waals surface area contributed by atoms with Crippen molar-refractivity contribution in [1.29, 1.82) is 0 Å². The van der Waals surface area contributed by atoms with Gasteiger partial charge in [0.25, 0.3) is 0 Å². The molecule has 2 N–H and O–H groups in total. The molecule has 0 saturated heterocycles. The van der Waals surface area contributed by atoms with Crippen molar-refractivity contribution in [2.24, 2.45) is 5.73 Å². The quantitative estimate of drug-likeness (QED) is 0.298. The van der Waals surface area contributed by atoms with Gasteiger partial charge in [-0.2, -0.15) is 4.79 Å². The van der Waals surface area contributed by atoms with Crippen LogP contribution in [0.15, 0.2) is 23.3 Å². The second-order valence-corrected chi connectivity index (χ2v) is 2.68. The Morgan fingerprint density at radius 1 is 1.46 bits per heavy atom. The van der Waals surface area contributed by atoms with Crippen molar-refractivity contribution >= 4 is 5.71 Å². The summed E-state index contributed by atoms with van der Waals surface area (Å²) in [5.74, 6) is 0. The molecule has 13 heavy (non-hydrogen) atoms. The second kappa shape index (κ2) is 6.23. The number of hydrogen-bond acceptors (Lipinski definition) is 1. The Bertz CT molecular complexity index is 290. The van der Waals surface area contributed by atoms with E-state index >= 15 is 0 Å². The van der Waals surface area contributed by atoms with Gasteiger partial charge in [-0.25, -0.2) is 0 Å². The van der Waals surface area contributed by atoms with Crippen LogP contribution < -0.4 is 18.1 Å². The fourth-order valence-electron chi connectivity index (χ4n) is 1.02. The normalized spacial score (nSPS) is 20.2. The van der Waals surface area contributed by atoms with Gasteiger partial charge in [-0.1, -0.05) is 6.08 Å². The second-order valence-electron chi connectivity index (χ2n) is 2.68. The van der Waals surface area contributed by atoms with Crippen LogP contribution in [0.5, 0.6) is 0 Å². The predicted molar refractivity (Wildman–Crippen MR) is 44.1 cm³/mol. The molecule has 0 saturated carbocycles. The van der Waals surface area contributed by atoms with E-state index in [-0.39, 0.29) is 37.9 Å². The summed E-state index contributed by atoms with van der Waals surface area (Å²) in [6, 6.07) is -0.0273. The van der Waals surface area contributed by atoms with Crippen molar-refractivity contribution in [3.8, 4) is 0 Å². The Hall–Kier alpha value is -0.267. The monoisotopic (exact) mass is 248 g/mol. The third kappa shape index (κ3) is 3.17. The fraction of sp³-hybridized carbons (Fsp3) is 0.375. The Morgan fingerprint density at radius 2 is 2.00 bits per heavy atom. The first-order valence-corrected chi connectivity index (χ1v) is 3.50. The average Bonchev–Trinajstić information content (AvgIpc) is 2.01. The largest absolute Gasteiger partial charge is 2.00 e. The molecule has 0 amide bonds. The SMILES string of the molecule is CC1=C(C)C(N)C=CC1=[N+]=[N-].[Cl-].[Zn+2]. The van der Waals surface area contributed by atoms with Crippen molar-refractivity contribution in [1.82, 2.24) is 0 Å². The van der Waals surface area contributed by atoms with Crippen LogP contribution in [0.4, 0.5) is 0 Å². The van der Waals surface area contributed by atoms with E-state index < -0.39 is 0 Å². The molecule has 0 aliphatic heterocycles. The van der Waals surface area contributed by atoms with Gasteiger partial charge < -0.3 is 23.7 Å². The van der Waals surface area contributed by atoms with E-state index in [0.717, 1.165) is 11.1 Å². The van der Waals surface area contributed by atoms with Crippen LogP contribution in [0.3, 0.4) is 0 Å². The van der Waals surface area contributed by atoms with E-state index in [0.29, 0.717) is 5.71 Å². The van der Waals surface area contributed by atoms with Gasteiger partial charge in [0.1, 0.15) is 0 Å². The van der Waals surface area contributed by atoms with E-state index in [1.54, 1.807) is 6.08 Å². The van der Waals surface area contributed by atoms with Gasteiger partial charge in [0, 0.05) is 17.7 Å². The summed E-state index contributed by atoms with van der Waals surface area (Å²) in [7, 11) is 0. The van der Waals surface area contributed by atoms with Gasteiger partial charge in [-0.05, 0) is 19.4 Å². The first kappa shape index (κ1) is 15.2. The Balaban J connectivity index is 0. The Morgan fingerprint density at radius 3 is 2.46 bits per heavy atom. The van der Waals surface area contributed by atoms with Crippen molar-refractivity contribution in [2.75, 3.05) is 0 Å². The number of hydrogen-bond donors (Lipinski definition) is 1. The number of halogens is 1. The van der Waals surface area contributed by atoms with Crippen LogP contribution in [0.25, 0.3) is 5.53 Å². The van der Waals surface area contributed by atoms with Gasteiger partial charge in [0.05, 0.1) is 0 Å². The summed E-state index contributed by atoms with van der Waals surface area (Å²) >= 11 is 0. The Labute approximate surface area is 96.9 Å². The summed E-state index contributed by atoms with van der Waals surface area (Å²) in [6.07, 6.45) is 3.55. The molecule has 0 fully saturated rings. The third-order valence-electron chi connectivity index (χ3n) is 2.04. The minimum atomic E-state index is -0.0273. The minimum Gasteiger partial charge on any atom is -1.00 e. The summed E-state index contributed by atoms with van der Waals surface area (Å²) in [6.45, 7) is 3.84. The van der Waals surface area contributed by atoms with Crippen molar-refractivity contribution in [2.45, 2.75) is 19.9 Å². The molecule has 3 nitrogen and oxygen atoms in total. The summed E-state index contributed by atoms with van der Waals surface area (Å²) in [5.41, 5.74) is 16.8. The number of allylic oxidation sites excluding steroid dienone is 2. The van der Waals surface area contributed by atoms with Gasteiger partial charge in [-0.15, -0.1) is 0 Å². The third-order valence-corrected chi connectivity index (χ3v) is 2.04. The van der Waals surface area contributed by atoms with Crippen LogP contribution in [0, 0.1) is 0 Å². The first-order valence-electron chi connectivity index (χ1n) is 3.50. The fourth-order valence-corrected chi connectivity index (χ4v) is 1.02. The van der Waals surface area contributed by atoms with Crippen LogP contribution in [-0.2, 0) is 19.5 Å². The zero-order valence-electron chi connectivity index (χ0n) is 7.79. The molecule has 1 atom stereocenters. The molecule has 0 aromatic heterocycles. The molecular weight excluding hydrogens is 239 g/mol. The number of nitrogens with two attached hydrogens (primary N) is 1. The maximum absolute atomic E-state index is 8.53. The molecule has 0 spiro atoms. The zero-order chi connectivity index (χ0) is 8.43. The van der Waals surface area contributed by atoms with Gasteiger partial charge >= 0.3 is 25.2 Å². The Kier molecular flexibility index (Phi) is 7.29. The molecule has 66 valence electrons. The molecule has 1 aliphatic rings. The van der Waals surface area contributed by atoms with Crippen molar-refractivity contribution in [3.05, 3.63) is 28.8 Å². The standard InChI is InChI=1S/C8H11N3.ClH.Zn/c1-5-6(2)8(11-10)4-3-7(5)9;;/h3-4,7H,9H2,1-2H3;1H;/q;;+2/p-1. The topological polar surface area (TPSA) is 62.4 Å². The van der Waals surface area contributed by atoms with E-state index in [4.69, 9.17) is 11.3 Å². The molecule has 1 aliphatic carbocycles. The van der Waals surface area contributed by atoms with E-state index in [9.17, 15) is 0 Å². The smallest absolute Gasteiger partial charge is 1.00 e. The summed E-state index contributed by atoms with van der Waals surface area (Å²) in [4.78, 5) is 3.13. The summed E-state index contributed by atoms with van der Waals surface area (Å²) in [5, 5.41) is 0.